The molecule has 21 heavy (non-hydrogen) atoms. The molecule has 0 bridgehead atoms. The Morgan fingerprint density at radius 2 is 2.19 bits per heavy atom. The molecule has 2 rings (SSSR count). The molecule has 4 nitrogen and oxygen atoms in total. The van der Waals surface area contributed by atoms with Gasteiger partial charge in [-0.25, -0.2) is 9.37 Å². The highest BCUT2D eigenvalue weighted by Gasteiger charge is 2.03. The van der Waals surface area contributed by atoms with Crippen molar-refractivity contribution in [1.29, 1.82) is 0 Å². The number of nitrogens with one attached hydrogen (secondary N) is 1. The Morgan fingerprint density at radius 1 is 1.33 bits per heavy atom. The molecule has 0 saturated heterocycles. The molecule has 0 amide bonds. The number of imidazole rings is 1. The van der Waals surface area contributed by atoms with Crippen LogP contribution in [0.5, 0.6) is 5.75 Å². The van der Waals surface area contributed by atoms with Crippen LogP contribution in [0.3, 0.4) is 0 Å². The molecule has 0 radical (unpaired) electrons. The smallest absolute Gasteiger partial charge is 0.127 e. The van der Waals surface area contributed by atoms with E-state index in [1.54, 1.807) is 12.5 Å². The van der Waals surface area contributed by atoms with Gasteiger partial charge in [-0.3, -0.25) is 0 Å². The molecular weight excluding hydrogens is 269 g/mol. The molecule has 0 aliphatic heterocycles. The predicted molar refractivity (Wildman–Crippen MR) is 80.7 cm³/mol. The fourth-order valence-corrected chi connectivity index (χ4v) is 1.98. The van der Waals surface area contributed by atoms with Crippen LogP contribution in [0.1, 0.15) is 25.8 Å². The standard InChI is InChI=1S/C16H22FN3O/c1-13(2)19-11-14-8-15(17)10-16(9-14)21-7-3-5-20-6-4-18-12-20/h4,6,8-10,12-13,19H,3,5,7,11H2,1-2H3. The van der Waals surface area contributed by atoms with Crippen LogP contribution < -0.4 is 10.1 Å². The minimum absolute atomic E-state index is 0.261. The van der Waals surface area contributed by atoms with Gasteiger partial charge in [0.2, 0.25) is 0 Å². The number of aryl methyl sites for hydroxylation is 1. The van der Waals surface area contributed by atoms with Gasteiger partial charge >= 0.3 is 0 Å². The van der Waals surface area contributed by atoms with Crippen molar-refractivity contribution in [3.63, 3.8) is 0 Å². The highest BCUT2D eigenvalue weighted by Crippen LogP contribution is 2.17. The number of hydrogen-bond donors (Lipinski definition) is 1. The average Bonchev–Trinajstić information content (AvgIpc) is 2.94. The van der Waals surface area contributed by atoms with Crippen molar-refractivity contribution in [2.24, 2.45) is 0 Å². The van der Waals surface area contributed by atoms with Crippen LogP contribution in [0, 0.1) is 5.82 Å². The Hall–Kier alpha value is -1.88. The van der Waals surface area contributed by atoms with Gasteiger partial charge in [0, 0.05) is 37.6 Å². The lowest BCUT2D eigenvalue weighted by Crippen LogP contribution is -2.21. The summed E-state index contributed by atoms with van der Waals surface area (Å²) in [6.45, 7) is 6.16. The summed E-state index contributed by atoms with van der Waals surface area (Å²) in [5, 5.41) is 3.27. The molecule has 2 aromatic rings. The van der Waals surface area contributed by atoms with E-state index in [0.717, 1.165) is 18.5 Å². The van der Waals surface area contributed by atoms with Gasteiger partial charge in [-0.1, -0.05) is 13.8 Å². The number of halogens is 1. The number of hydrogen-bond acceptors (Lipinski definition) is 3. The van der Waals surface area contributed by atoms with Crippen molar-refractivity contribution in [3.8, 4) is 5.75 Å². The van der Waals surface area contributed by atoms with E-state index in [4.69, 9.17) is 4.74 Å². The van der Waals surface area contributed by atoms with Crippen molar-refractivity contribution < 1.29 is 9.13 Å². The van der Waals surface area contributed by atoms with Crippen LogP contribution in [-0.2, 0) is 13.1 Å². The van der Waals surface area contributed by atoms with Crippen molar-refractivity contribution in [1.82, 2.24) is 14.9 Å². The van der Waals surface area contributed by atoms with Gasteiger partial charge in [0.25, 0.3) is 0 Å². The fraction of sp³-hybridized carbons (Fsp3) is 0.438. The summed E-state index contributed by atoms with van der Waals surface area (Å²) in [7, 11) is 0. The summed E-state index contributed by atoms with van der Waals surface area (Å²) in [5.41, 5.74) is 0.897. The lowest BCUT2D eigenvalue weighted by atomic mass is 10.2. The summed E-state index contributed by atoms with van der Waals surface area (Å²) < 4.78 is 21.2. The second-order valence-corrected chi connectivity index (χ2v) is 5.33. The Morgan fingerprint density at radius 3 is 2.90 bits per heavy atom. The average molecular weight is 291 g/mol. The largest absolute Gasteiger partial charge is 0.493 e. The maximum atomic E-state index is 13.6. The number of aromatic nitrogens is 2. The van der Waals surface area contributed by atoms with Crippen LogP contribution >= 0.6 is 0 Å². The van der Waals surface area contributed by atoms with Crippen molar-refractivity contribution in [2.45, 2.75) is 39.4 Å². The van der Waals surface area contributed by atoms with Crippen molar-refractivity contribution >= 4 is 0 Å². The predicted octanol–water partition coefficient (Wildman–Crippen LogP) is 2.99. The van der Waals surface area contributed by atoms with Crippen LogP contribution in [-0.4, -0.2) is 22.2 Å². The lowest BCUT2D eigenvalue weighted by Gasteiger charge is -2.11. The van der Waals surface area contributed by atoms with Crippen LogP contribution in [0.2, 0.25) is 0 Å². The monoisotopic (exact) mass is 291 g/mol. The Labute approximate surface area is 125 Å². The fourth-order valence-electron chi connectivity index (χ4n) is 1.98. The van der Waals surface area contributed by atoms with E-state index >= 15 is 0 Å². The number of nitrogens with zero attached hydrogens (tertiary/aromatic N) is 2. The van der Waals surface area contributed by atoms with E-state index in [1.165, 1.54) is 12.1 Å². The minimum atomic E-state index is -0.261. The SMILES string of the molecule is CC(C)NCc1cc(F)cc(OCCCn2ccnc2)c1. The second-order valence-electron chi connectivity index (χ2n) is 5.33. The zero-order chi connectivity index (χ0) is 15.1. The van der Waals surface area contributed by atoms with Crippen molar-refractivity contribution in [2.75, 3.05) is 6.61 Å². The van der Waals surface area contributed by atoms with Gasteiger partial charge in [0.15, 0.2) is 0 Å². The molecule has 1 aromatic carbocycles. The Kier molecular flexibility index (Phi) is 5.75. The third kappa shape index (κ3) is 5.55. The lowest BCUT2D eigenvalue weighted by molar-refractivity contribution is 0.300. The van der Waals surface area contributed by atoms with Crippen LogP contribution in [0.25, 0.3) is 0 Å². The molecule has 0 fully saturated rings. The first kappa shape index (κ1) is 15.5. The van der Waals surface area contributed by atoms with Gasteiger partial charge in [0.1, 0.15) is 11.6 Å². The first-order chi connectivity index (χ1) is 10.1. The van der Waals surface area contributed by atoms with Gasteiger partial charge < -0.3 is 14.6 Å². The van der Waals surface area contributed by atoms with Crippen LogP contribution in [0.15, 0.2) is 36.9 Å². The highest BCUT2D eigenvalue weighted by molar-refractivity contribution is 5.29. The Bertz CT molecular complexity index is 540. The number of ether oxygens (including phenoxy) is 1. The minimum Gasteiger partial charge on any atom is -0.493 e. The zero-order valence-corrected chi connectivity index (χ0v) is 12.6. The molecule has 114 valence electrons. The molecule has 0 aliphatic carbocycles. The molecule has 5 heteroatoms. The third-order valence-corrected chi connectivity index (χ3v) is 3.03. The number of rotatable bonds is 8. The maximum Gasteiger partial charge on any atom is 0.127 e. The van der Waals surface area contributed by atoms with Gasteiger partial charge in [-0.05, 0) is 24.1 Å². The molecule has 0 atom stereocenters. The number of benzene rings is 1. The molecule has 1 N–H and O–H groups in total. The summed E-state index contributed by atoms with van der Waals surface area (Å²) in [6.07, 6.45) is 6.30. The summed E-state index contributed by atoms with van der Waals surface area (Å²) in [6, 6.07) is 5.22. The third-order valence-electron chi connectivity index (χ3n) is 3.03. The van der Waals surface area contributed by atoms with Gasteiger partial charge in [0.05, 0.1) is 12.9 Å². The van der Waals surface area contributed by atoms with Gasteiger partial charge in [-0.2, -0.15) is 0 Å². The quantitative estimate of drug-likeness (QED) is 0.760. The molecule has 1 aromatic heterocycles. The maximum absolute atomic E-state index is 13.6. The van der Waals surface area contributed by atoms with E-state index in [0.29, 0.717) is 24.9 Å². The molecular formula is C16H22FN3O. The summed E-state index contributed by atoms with van der Waals surface area (Å²) >= 11 is 0. The summed E-state index contributed by atoms with van der Waals surface area (Å²) in [4.78, 5) is 3.98. The Balaban J connectivity index is 1.81. The van der Waals surface area contributed by atoms with Gasteiger partial charge in [-0.15, -0.1) is 0 Å². The normalized spacial score (nSPS) is 11.0. The second kappa shape index (κ2) is 7.78. The van der Waals surface area contributed by atoms with E-state index < -0.39 is 0 Å². The molecule has 0 aliphatic rings. The van der Waals surface area contributed by atoms with E-state index in [9.17, 15) is 4.39 Å². The van der Waals surface area contributed by atoms with Crippen molar-refractivity contribution in [3.05, 3.63) is 48.3 Å². The highest BCUT2D eigenvalue weighted by atomic mass is 19.1. The first-order valence-corrected chi connectivity index (χ1v) is 7.25. The summed E-state index contributed by atoms with van der Waals surface area (Å²) in [5.74, 6) is 0.323. The molecule has 0 unspecified atom stereocenters. The first-order valence-electron chi connectivity index (χ1n) is 7.25. The zero-order valence-electron chi connectivity index (χ0n) is 12.6. The van der Waals surface area contributed by atoms with E-state index in [1.807, 2.05) is 16.8 Å². The molecule has 0 spiro atoms. The van der Waals surface area contributed by atoms with Crippen LogP contribution in [0.4, 0.5) is 4.39 Å². The topological polar surface area (TPSA) is 39.1 Å². The van der Waals surface area contributed by atoms with E-state index in [2.05, 4.69) is 24.1 Å². The van der Waals surface area contributed by atoms with E-state index in [-0.39, 0.29) is 5.82 Å². The molecule has 0 saturated carbocycles. The molecule has 1 heterocycles.